The first-order valence-electron chi connectivity index (χ1n) is 8.50. The van der Waals surface area contributed by atoms with Crippen LogP contribution in [-0.4, -0.2) is 0 Å². The SMILES string of the molecule is CC1CCC(C2CCC(c3cc[c-]c(F)c3Cl)CC2)CC1.[Rb+]. The zero-order chi connectivity index (χ0) is 14.8. The van der Waals surface area contributed by atoms with Gasteiger partial charge in [-0.2, -0.15) is 23.7 Å². The minimum atomic E-state index is -0.391. The van der Waals surface area contributed by atoms with Gasteiger partial charge < -0.3 is 0 Å². The molecule has 2 saturated carbocycles. The fourth-order valence-electron chi connectivity index (χ4n) is 4.44. The summed E-state index contributed by atoms with van der Waals surface area (Å²) in [7, 11) is 0. The number of rotatable bonds is 2. The van der Waals surface area contributed by atoms with Gasteiger partial charge in [-0.15, -0.1) is 11.6 Å². The van der Waals surface area contributed by atoms with Crippen LogP contribution >= 0.6 is 11.6 Å². The second-order valence-corrected chi connectivity index (χ2v) is 7.57. The standard InChI is InChI=1S/C19H25ClF.Rb/c1-13-5-7-14(8-6-13)15-9-11-16(12-10-15)17-3-2-4-18(21)19(17)20;/h2-3,13-16H,5-12H2,1H3;/q-1;+1. The van der Waals surface area contributed by atoms with Crippen molar-refractivity contribution in [1.29, 1.82) is 0 Å². The van der Waals surface area contributed by atoms with Crippen LogP contribution in [0.5, 0.6) is 0 Å². The maximum atomic E-state index is 13.6. The topological polar surface area (TPSA) is 0 Å². The molecule has 0 aromatic heterocycles. The molecule has 3 rings (SSSR count). The molecule has 0 radical (unpaired) electrons. The van der Waals surface area contributed by atoms with Crippen molar-refractivity contribution in [3.05, 3.63) is 34.6 Å². The van der Waals surface area contributed by atoms with Crippen LogP contribution in [0.1, 0.15) is 69.8 Å². The van der Waals surface area contributed by atoms with Crippen LogP contribution in [0.4, 0.5) is 4.39 Å². The van der Waals surface area contributed by atoms with Crippen molar-refractivity contribution in [2.24, 2.45) is 17.8 Å². The van der Waals surface area contributed by atoms with Crippen molar-refractivity contribution < 1.29 is 62.6 Å². The van der Waals surface area contributed by atoms with E-state index in [0.29, 0.717) is 10.9 Å². The molecular formula is C19H25ClFRb. The zero-order valence-electron chi connectivity index (χ0n) is 13.9. The van der Waals surface area contributed by atoms with E-state index in [4.69, 9.17) is 11.6 Å². The predicted octanol–water partition coefficient (Wildman–Crippen LogP) is 3.38. The van der Waals surface area contributed by atoms with E-state index >= 15 is 0 Å². The van der Waals surface area contributed by atoms with Gasteiger partial charge in [0.1, 0.15) is 0 Å². The third kappa shape index (κ3) is 4.66. The monoisotopic (exact) mass is 392 g/mol. The molecule has 0 nitrogen and oxygen atoms in total. The van der Waals surface area contributed by atoms with E-state index in [1.165, 1.54) is 51.4 Å². The summed E-state index contributed by atoms with van der Waals surface area (Å²) in [4.78, 5) is 0. The Morgan fingerprint density at radius 3 is 2.14 bits per heavy atom. The molecular weight excluding hydrogens is 368 g/mol. The molecule has 0 spiro atoms. The van der Waals surface area contributed by atoms with E-state index in [-0.39, 0.29) is 58.2 Å². The minimum Gasteiger partial charge on any atom is -0.235 e. The van der Waals surface area contributed by atoms with Gasteiger partial charge in [0.25, 0.3) is 0 Å². The summed E-state index contributed by atoms with van der Waals surface area (Å²) < 4.78 is 13.6. The maximum absolute atomic E-state index is 13.6. The van der Waals surface area contributed by atoms with Gasteiger partial charge in [-0.1, -0.05) is 19.8 Å². The number of halogens is 2. The van der Waals surface area contributed by atoms with Crippen molar-refractivity contribution in [2.75, 3.05) is 0 Å². The molecule has 22 heavy (non-hydrogen) atoms. The largest absolute Gasteiger partial charge is 1.00 e. The smallest absolute Gasteiger partial charge is 0.235 e. The van der Waals surface area contributed by atoms with Crippen LogP contribution < -0.4 is 58.2 Å². The molecule has 2 aliphatic rings. The number of hydrogen-bond donors (Lipinski definition) is 0. The molecule has 116 valence electrons. The Morgan fingerprint density at radius 1 is 1.00 bits per heavy atom. The van der Waals surface area contributed by atoms with Crippen molar-refractivity contribution >= 4 is 11.6 Å². The van der Waals surface area contributed by atoms with E-state index in [1.54, 1.807) is 6.07 Å². The van der Waals surface area contributed by atoms with E-state index in [9.17, 15) is 4.39 Å². The summed E-state index contributed by atoms with van der Waals surface area (Å²) in [5.41, 5.74) is 1.00. The Balaban J connectivity index is 0.00000176. The quantitative estimate of drug-likeness (QED) is 0.676. The minimum absolute atomic E-state index is 0. The van der Waals surface area contributed by atoms with Gasteiger partial charge in [0.2, 0.25) is 0 Å². The number of hydrogen-bond acceptors (Lipinski definition) is 0. The summed E-state index contributed by atoms with van der Waals surface area (Å²) in [6.07, 6.45) is 10.6. The molecule has 1 aromatic carbocycles. The maximum Gasteiger partial charge on any atom is 1.00 e. The third-order valence-corrected chi connectivity index (χ3v) is 6.24. The fraction of sp³-hybridized carbons (Fsp3) is 0.684. The predicted molar refractivity (Wildman–Crippen MR) is 86.1 cm³/mol. The molecule has 3 heteroatoms. The zero-order valence-corrected chi connectivity index (χ0v) is 19.5. The molecule has 0 unspecified atom stereocenters. The van der Waals surface area contributed by atoms with E-state index < -0.39 is 5.82 Å². The van der Waals surface area contributed by atoms with Crippen LogP contribution in [0, 0.1) is 29.6 Å². The summed E-state index contributed by atoms with van der Waals surface area (Å²) in [6, 6.07) is 6.17. The van der Waals surface area contributed by atoms with Gasteiger partial charge in [0.15, 0.2) is 0 Å². The van der Waals surface area contributed by atoms with Crippen LogP contribution in [0.15, 0.2) is 12.1 Å². The summed E-state index contributed by atoms with van der Waals surface area (Å²) >= 11 is 6.12. The van der Waals surface area contributed by atoms with Gasteiger partial charge in [-0.25, -0.2) is 4.39 Å². The van der Waals surface area contributed by atoms with Gasteiger partial charge in [-0.3, -0.25) is 0 Å². The van der Waals surface area contributed by atoms with Crippen molar-refractivity contribution in [2.45, 2.75) is 64.2 Å². The third-order valence-electron chi connectivity index (χ3n) is 5.86. The number of benzene rings is 1. The Bertz CT molecular complexity index is 474. The Kier molecular flexibility index (Phi) is 8.08. The molecule has 0 atom stereocenters. The fourth-order valence-corrected chi connectivity index (χ4v) is 4.71. The second kappa shape index (κ2) is 9.08. The molecule has 0 N–H and O–H groups in total. The molecule has 1 aromatic rings. The first-order chi connectivity index (χ1) is 10.1. The van der Waals surface area contributed by atoms with Crippen LogP contribution in [-0.2, 0) is 0 Å². The molecule has 0 heterocycles. The van der Waals surface area contributed by atoms with E-state index in [1.807, 2.05) is 6.07 Å². The van der Waals surface area contributed by atoms with Gasteiger partial charge in [0.05, 0.1) is 0 Å². The van der Waals surface area contributed by atoms with E-state index in [0.717, 1.165) is 23.3 Å². The van der Waals surface area contributed by atoms with Crippen LogP contribution in [0.2, 0.25) is 5.02 Å². The summed E-state index contributed by atoms with van der Waals surface area (Å²) in [6.45, 7) is 2.39. The van der Waals surface area contributed by atoms with Gasteiger partial charge >= 0.3 is 58.2 Å². The molecule has 2 aliphatic carbocycles. The molecule has 0 bridgehead atoms. The summed E-state index contributed by atoms with van der Waals surface area (Å²) in [5.74, 6) is 2.82. The van der Waals surface area contributed by atoms with Crippen LogP contribution in [0.25, 0.3) is 0 Å². The average Bonchev–Trinajstić information content (AvgIpc) is 2.51. The Hall–Kier alpha value is 1.25. The van der Waals surface area contributed by atoms with Crippen molar-refractivity contribution in [3.8, 4) is 0 Å². The first kappa shape index (κ1) is 19.6. The van der Waals surface area contributed by atoms with Crippen molar-refractivity contribution in [1.82, 2.24) is 0 Å². The second-order valence-electron chi connectivity index (χ2n) is 7.19. The Morgan fingerprint density at radius 2 is 1.55 bits per heavy atom. The molecule has 0 saturated heterocycles. The van der Waals surface area contributed by atoms with Gasteiger partial charge in [0, 0.05) is 5.82 Å². The Labute approximate surface area is 188 Å². The first-order valence-corrected chi connectivity index (χ1v) is 8.88. The van der Waals surface area contributed by atoms with Crippen molar-refractivity contribution in [3.63, 3.8) is 0 Å². The molecule has 2 fully saturated rings. The van der Waals surface area contributed by atoms with Gasteiger partial charge in [-0.05, 0) is 67.2 Å². The normalized spacial score (nSPS) is 32.3. The van der Waals surface area contributed by atoms with Crippen LogP contribution in [0.3, 0.4) is 0 Å². The molecule has 0 amide bonds. The average molecular weight is 393 g/mol. The summed E-state index contributed by atoms with van der Waals surface area (Å²) in [5, 5.41) is 0.299. The molecule has 0 aliphatic heterocycles. The van der Waals surface area contributed by atoms with E-state index in [2.05, 4.69) is 13.0 Å².